The number of methoxy groups -OCH3 is 1. The molecule has 1 unspecified atom stereocenters. The second kappa shape index (κ2) is 13.9. The first-order valence-electron chi connectivity index (χ1n) is 14.4. The summed E-state index contributed by atoms with van der Waals surface area (Å²) in [7, 11) is -2.25. The number of aryl methyl sites for hydroxylation is 2. The summed E-state index contributed by atoms with van der Waals surface area (Å²) in [5.41, 5.74) is 3.84. The van der Waals surface area contributed by atoms with Gasteiger partial charge in [-0.05, 0) is 61.6 Å². The van der Waals surface area contributed by atoms with Crippen LogP contribution >= 0.6 is 0 Å². The molecule has 0 saturated heterocycles. The van der Waals surface area contributed by atoms with E-state index in [1.807, 2.05) is 80.6 Å². The van der Waals surface area contributed by atoms with Gasteiger partial charge in [0.15, 0.2) is 0 Å². The molecule has 8 nitrogen and oxygen atoms in total. The van der Waals surface area contributed by atoms with E-state index in [-0.39, 0.29) is 24.9 Å². The van der Waals surface area contributed by atoms with Gasteiger partial charge in [0, 0.05) is 19.0 Å². The van der Waals surface area contributed by atoms with Crippen molar-refractivity contribution < 1.29 is 22.7 Å². The van der Waals surface area contributed by atoms with Gasteiger partial charge in [-0.2, -0.15) is 0 Å². The Morgan fingerprint density at radius 1 is 0.952 bits per heavy atom. The number of nitrogens with zero attached hydrogens (tertiary/aromatic N) is 2. The number of benzene rings is 3. The number of hydrogen-bond donors (Lipinski definition) is 1. The number of sulfonamides is 1. The van der Waals surface area contributed by atoms with Gasteiger partial charge in [0.1, 0.15) is 18.3 Å². The van der Waals surface area contributed by atoms with Crippen molar-refractivity contribution in [3.05, 3.63) is 95.1 Å². The zero-order valence-corrected chi connectivity index (χ0v) is 25.7. The van der Waals surface area contributed by atoms with E-state index in [1.165, 1.54) is 4.90 Å². The van der Waals surface area contributed by atoms with E-state index in [2.05, 4.69) is 5.32 Å². The molecule has 0 spiro atoms. The van der Waals surface area contributed by atoms with Gasteiger partial charge < -0.3 is 15.0 Å². The predicted molar refractivity (Wildman–Crippen MR) is 166 cm³/mol. The summed E-state index contributed by atoms with van der Waals surface area (Å²) in [6.45, 7) is 3.43. The van der Waals surface area contributed by atoms with Crippen molar-refractivity contribution in [3.63, 3.8) is 0 Å². The number of ether oxygens (including phenoxy) is 1. The van der Waals surface area contributed by atoms with Crippen LogP contribution in [0.5, 0.6) is 5.75 Å². The molecule has 3 aromatic carbocycles. The number of amides is 2. The van der Waals surface area contributed by atoms with Gasteiger partial charge in [-0.3, -0.25) is 13.9 Å². The van der Waals surface area contributed by atoms with Crippen LogP contribution in [-0.4, -0.2) is 57.1 Å². The number of hydrogen-bond acceptors (Lipinski definition) is 5. The molecule has 1 aliphatic carbocycles. The van der Waals surface area contributed by atoms with Gasteiger partial charge in [-0.15, -0.1) is 0 Å². The molecule has 0 heterocycles. The average Bonchev–Trinajstić information content (AvgIpc) is 3.47. The standard InChI is InChI=1S/C33H41N3O5S/c1-24-17-18-30(25(2)19-24)36(42(4,39)40)23-32(37)35(22-27-13-10-16-29(20-27)41-3)31(21-26-11-6-5-7-12-26)33(38)34-28-14-8-9-15-28/h5-7,10-13,16-20,28,31H,8-9,14-15,21-23H2,1-4H3,(H,34,38). The average molecular weight is 592 g/mol. The molecule has 3 aromatic rings. The summed E-state index contributed by atoms with van der Waals surface area (Å²) < 4.78 is 32.7. The maximum absolute atomic E-state index is 14.3. The SMILES string of the molecule is COc1cccc(CN(C(=O)CN(c2ccc(C)cc2C)S(C)(=O)=O)C(Cc2ccccc2)C(=O)NC2CCCC2)c1. The van der Waals surface area contributed by atoms with Crippen molar-refractivity contribution in [1.82, 2.24) is 10.2 Å². The van der Waals surface area contributed by atoms with Gasteiger partial charge in [-0.25, -0.2) is 8.42 Å². The van der Waals surface area contributed by atoms with Crippen LogP contribution in [0.4, 0.5) is 5.69 Å². The highest BCUT2D eigenvalue weighted by atomic mass is 32.2. The molecule has 0 aliphatic heterocycles. The Morgan fingerprint density at radius 3 is 2.29 bits per heavy atom. The lowest BCUT2D eigenvalue weighted by atomic mass is 10.0. The largest absolute Gasteiger partial charge is 0.497 e. The first-order chi connectivity index (χ1) is 20.0. The highest BCUT2D eigenvalue weighted by Gasteiger charge is 2.34. The van der Waals surface area contributed by atoms with E-state index in [4.69, 9.17) is 4.74 Å². The van der Waals surface area contributed by atoms with E-state index in [9.17, 15) is 18.0 Å². The number of anilines is 1. The molecule has 224 valence electrons. The van der Waals surface area contributed by atoms with Crippen LogP contribution in [0.25, 0.3) is 0 Å². The minimum atomic E-state index is -3.82. The quantitative estimate of drug-likeness (QED) is 0.327. The van der Waals surface area contributed by atoms with Gasteiger partial charge >= 0.3 is 0 Å². The first kappa shape index (κ1) is 31.1. The zero-order chi connectivity index (χ0) is 30.3. The molecule has 0 bridgehead atoms. The molecule has 1 aliphatic rings. The molecule has 0 aromatic heterocycles. The number of carbonyl (C=O) groups is 2. The summed E-state index contributed by atoms with van der Waals surface area (Å²) in [6, 6.07) is 21.6. The van der Waals surface area contributed by atoms with Crippen molar-refractivity contribution in [2.45, 2.75) is 64.6 Å². The fourth-order valence-electron chi connectivity index (χ4n) is 5.57. The van der Waals surface area contributed by atoms with Crippen LogP contribution in [0.15, 0.2) is 72.8 Å². The summed E-state index contributed by atoms with van der Waals surface area (Å²) in [5.74, 6) is -0.0758. The van der Waals surface area contributed by atoms with Crippen LogP contribution in [0.2, 0.25) is 0 Å². The Morgan fingerprint density at radius 2 is 1.64 bits per heavy atom. The van der Waals surface area contributed by atoms with E-state index in [1.54, 1.807) is 13.2 Å². The van der Waals surface area contributed by atoms with Crippen LogP contribution in [-0.2, 0) is 32.6 Å². The highest BCUT2D eigenvalue weighted by Crippen LogP contribution is 2.26. The highest BCUT2D eigenvalue weighted by molar-refractivity contribution is 7.92. The molecule has 4 rings (SSSR count). The fourth-order valence-corrected chi connectivity index (χ4v) is 6.48. The van der Waals surface area contributed by atoms with Gasteiger partial charge in [-0.1, -0.05) is 73.0 Å². The third-order valence-corrected chi connectivity index (χ3v) is 8.89. The Bertz CT molecular complexity index is 1490. The number of nitrogens with one attached hydrogen (secondary N) is 1. The topological polar surface area (TPSA) is 96.0 Å². The van der Waals surface area contributed by atoms with Crippen molar-refractivity contribution in [2.75, 3.05) is 24.2 Å². The van der Waals surface area contributed by atoms with Crippen molar-refractivity contribution in [1.29, 1.82) is 0 Å². The van der Waals surface area contributed by atoms with Crippen molar-refractivity contribution >= 4 is 27.5 Å². The van der Waals surface area contributed by atoms with Crippen LogP contribution in [0, 0.1) is 13.8 Å². The van der Waals surface area contributed by atoms with Gasteiger partial charge in [0.25, 0.3) is 0 Å². The Kier molecular flexibility index (Phi) is 10.3. The zero-order valence-electron chi connectivity index (χ0n) is 24.9. The number of rotatable bonds is 12. The van der Waals surface area contributed by atoms with Crippen LogP contribution in [0.3, 0.4) is 0 Å². The summed E-state index contributed by atoms with van der Waals surface area (Å²) in [4.78, 5) is 29.8. The maximum Gasteiger partial charge on any atom is 0.244 e. The maximum atomic E-state index is 14.3. The molecule has 2 amide bonds. The normalized spacial score (nSPS) is 14.3. The minimum Gasteiger partial charge on any atom is -0.497 e. The van der Waals surface area contributed by atoms with Gasteiger partial charge in [0.2, 0.25) is 21.8 Å². The first-order valence-corrected chi connectivity index (χ1v) is 16.2. The molecule has 0 radical (unpaired) electrons. The number of carbonyl (C=O) groups excluding carboxylic acids is 2. The van der Waals surface area contributed by atoms with E-state index >= 15 is 0 Å². The Hall–Kier alpha value is -3.85. The third-order valence-electron chi connectivity index (χ3n) is 7.76. The summed E-state index contributed by atoms with van der Waals surface area (Å²) >= 11 is 0. The van der Waals surface area contributed by atoms with E-state index in [0.29, 0.717) is 11.4 Å². The van der Waals surface area contributed by atoms with Crippen molar-refractivity contribution in [3.8, 4) is 5.75 Å². The van der Waals surface area contributed by atoms with E-state index < -0.39 is 28.5 Å². The molecular formula is C33H41N3O5S. The molecule has 1 saturated carbocycles. The second-order valence-electron chi connectivity index (χ2n) is 11.1. The molecule has 42 heavy (non-hydrogen) atoms. The lowest BCUT2D eigenvalue weighted by Crippen LogP contribution is -2.54. The third kappa shape index (κ3) is 8.12. The Balaban J connectivity index is 1.75. The lowest BCUT2D eigenvalue weighted by Gasteiger charge is -2.34. The fraction of sp³-hybridized carbons (Fsp3) is 0.394. The summed E-state index contributed by atoms with van der Waals surface area (Å²) in [5, 5.41) is 3.18. The molecule has 1 N–H and O–H groups in total. The van der Waals surface area contributed by atoms with E-state index in [0.717, 1.165) is 58.5 Å². The van der Waals surface area contributed by atoms with Gasteiger partial charge in [0.05, 0.1) is 19.1 Å². The Labute approximate surface area is 249 Å². The lowest BCUT2D eigenvalue weighted by molar-refractivity contribution is -0.140. The van der Waals surface area contributed by atoms with Crippen LogP contribution < -0.4 is 14.4 Å². The molecular weight excluding hydrogens is 550 g/mol. The second-order valence-corrected chi connectivity index (χ2v) is 13.0. The van der Waals surface area contributed by atoms with Crippen LogP contribution in [0.1, 0.15) is 47.9 Å². The predicted octanol–water partition coefficient (Wildman–Crippen LogP) is 4.78. The molecule has 9 heteroatoms. The summed E-state index contributed by atoms with van der Waals surface area (Å²) in [6.07, 6.45) is 5.31. The smallest absolute Gasteiger partial charge is 0.244 e. The molecule has 1 atom stereocenters. The van der Waals surface area contributed by atoms with Crippen molar-refractivity contribution in [2.24, 2.45) is 0 Å². The molecule has 1 fully saturated rings. The monoisotopic (exact) mass is 591 g/mol. The minimum absolute atomic E-state index is 0.0623.